The molecule has 4 heteroatoms. The molecule has 2 aromatic rings. The number of benzene rings is 2. The molecule has 0 heterocycles. The molecule has 0 spiro atoms. The molecule has 2 aliphatic rings. The number of hydrogen-bond acceptors (Lipinski definition) is 0. The van der Waals surface area contributed by atoms with E-state index in [1.807, 2.05) is 0 Å². The van der Waals surface area contributed by atoms with Crippen LogP contribution in [0.5, 0.6) is 0 Å². The van der Waals surface area contributed by atoms with E-state index in [-0.39, 0.29) is 24.8 Å². The molecule has 0 nitrogen and oxygen atoms in total. The molecular formula is C28H38Cl2SiTi. The Morgan fingerprint density at radius 3 is 1.34 bits per heavy atom. The Labute approximate surface area is 210 Å². The molecule has 0 saturated carbocycles. The van der Waals surface area contributed by atoms with E-state index >= 15 is 0 Å². The Morgan fingerprint density at radius 2 is 1.03 bits per heavy atom. The molecule has 32 heavy (non-hydrogen) atoms. The molecule has 0 amide bonds. The molecule has 2 atom stereocenters. The number of halogens is 2. The summed E-state index contributed by atoms with van der Waals surface area (Å²) in [5.74, 6) is 1.13. The van der Waals surface area contributed by atoms with Crippen LogP contribution < -0.4 is 24.8 Å². The van der Waals surface area contributed by atoms with Gasteiger partial charge in [-0.05, 0) is 0 Å². The largest absolute Gasteiger partial charge is 1.00 e. The van der Waals surface area contributed by atoms with E-state index in [0.29, 0.717) is 20.3 Å². The molecule has 0 saturated heterocycles. The van der Waals surface area contributed by atoms with Crippen molar-refractivity contribution in [2.45, 2.75) is 72.3 Å². The zero-order chi connectivity index (χ0) is 22.0. The molecule has 2 aliphatic carbocycles. The summed E-state index contributed by atoms with van der Waals surface area (Å²) in [7, 11) is 2.42. The van der Waals surface area contributed by atoms with Crippen LogP contribution >= 0.6 is 0 Å². The zero-order valence-corrected chi connectivity index (χ0v) is 25.4. The van der Waals surface area contributed by atoms with Gasteiger partial charge in [-0.25, -0.2) is 0 Å². The minimum atomic E-state index is -3.06. The first kappa shape index (κ1) is 27.7. The number of fused-ring (bicyclic) bond motifs is 2. The Morgan fingerprint density at radius 1 is 0.688 bits per heavy atom. The summed E-state index contributed by atoms with van der Waals surface area (Å²) in [6, 6.07) is 14.2. The maximum atomic E-state index is 2.72. The van der Waals surface area contributed by atoms with Gasteiger partial charge in [0.2, 0.25) is 0 Å². The van der Waals surface area contributed by atoms with Crippen molar-refractivity contribution in [2.75, 3.05) is 0 Å². The van der Waals surface area contributed by atoms with Gasteiger partial charge in [0.25, 0.3) is 0 Å². The van der Waals surface area contributed by atoms with Crippen LogP contribution in [0.4, 0.5) is 0 Å². The first-order chi connectivity index (χ1) is 13.9. The Hall–Kier alpha value is -0.569. The monoisotopic (exact) mass is 520 g/mol. The Bertz CT molecular complexity index is 1080. The summed E-state index contributed by atoms with van der Waals surface area (Å²) in [6.07, 6.45) is 5.05. The summed E-state index contributed by atoms with van der Waals surface area (Å²) < 4.78 is 1.21. The molecule has 4 rings (SSSR count). The number of rotatable bonds is 4. The fourth-order valence-electron chi connectivity index (χ4n) is 6.84. The molecule has 0 radical (unpaired) electrons. The third-order valence-electron chi connectivity index (χ3n) is 7.76. The summed E-state index contributed by atoms with van der Waals surface area (Å²) in [6.45, 7) is 14.1. The number of allylic oxidation sites excluding steroid dienone is 2. The topological polar surface area (TPSA) is 0 Å². The van der Waals surface area contributed by atoms with Gasteiger partial charge >= 0.3 is 187 Å². The van der Waals surface area contributed by atoms with Crippen molar-refractivity contribution in [1.82, 2.24) is 0 Å². The van der Waals surface area contributed by atoms with Crippen LogP contribution in [0, 0.1) is 0 Å². The zero-order valence-electron chi connectivity index (χ0n) is 20.9. The van der Waals surface area contributed by atoms with Gasteiger partial charge < -0.3 is 24.8 Å². The molecule has 2 unspecified atom stereocenters. The standard InChI is InChI=1S/2C13H15.2CH3.2ClH.H2Si.Ti/c2*1-9(2)12-6-4-5-11-7-10(3)8-13(11)12;;;;;;/h2*4-9H,1-3H3;2*1H3;2*1H;1H2;/q;;;;;;;+2/p-2. The van der Waals surface area contributed by atoms with Gasteiger partial charge in [0, 0.05) is 0 Å². The molecule has 172 valence electrons. The number of hydrogen-bond donors (Lipinski definition) is 0. The SMILES string of the molecule is CC1=Cc2c(C(C)C)cccc2[CH]1[Ti+2]([CH3])([CH3])(=[SiH2])[CH]1C(C)=Cc2c(C(C)C)cccc21.[Cl-].[Cl-]. The third-order valence-corrected chi connectivity index (χ3v) is 19.4. The minimum absolute atomic E-state index is 0. The van der Waals surface area contributed by atoms with Crippen LogP contribution in [0.15, 0.2) is 47.5 Å². The van der Waals surface area contributed by atoms with Gasteiger partial charge in [-0.2, -0.15) is 0 Å². The minimum Gasteiger partial charge on any atom is -1.00 e. The molecular weight excluding hydrogens is 483 g/mol. The molecule has 0 aromatic heterocycles. The second-order valence-electron chi connectivity index (χ2n) is 11.6. The van der Waals surface area contributed by atoms with Crippen LogP contribution in [0.3, 0.4) is 0 Å². The summed E-state index contributed by atoms with van der Waals surface area (Å²) >= 11 is -3.06. The van der Waals surface area contributed by atoms with Crippen LogP contribution in [-0.2, 0) is 14.0 Å². The van der Waals surface area contributed by atoms with E-state index in [2.05, 4.69) is 108 Å². The second kappa shape index (κ2) is 9.23. The Balaban J connectivity index is 0.00000181. The van der Waals surface area contributed by atoms with Crippen molar-refractivity contribution >= 4 is 19.8 Å². The predicted octanol–water partition coefficient (Wildman–Crippen LogP) is 1.89. The average molecular weight is 521 g/mol. The van der Waals surface area contributed by atoms with Gasteiger partial charge in [-0.1, -0.05) is 0 Å². The maximum absolute atomic E-state index is 3.06. The van der Waals surface area contributed by atoms with Crippen LogP contribution in [0.2, 0.25) is 10.5 Å². The van der Waals surface area contributed by atoms with Gasteiger partial charge in [0.15, 0.2) is 0 Å². The van der Waals surface area contributed by atoms with E-state index in [4.69, 9.17) is 0 Å². The van der Waals surface area contributed by atoms with E-state index < -0.39 is 14.0 Å². The normalized spacial score (nSPS) is 18.9. The second-order valence-corrected chi connectivity index (χ2v) is 31.8. The smallest absolute Gasteiger partial charge is 1.00 e. The van der Waals surface area contributed by atoms with Gasteiger partial charge in [0.1, 0.15) is 0 Å². The van der Waals surface area contributed by atoms with Crippen molar-refractivity contribution in [3.63, 3.8) is 0 Å². The summed E-state index contributed by atoms with van der Waals surface area (Å²) in [5, 5.41) is 5.43. The fourth-order valence-corrected chi connectivity index (χ4v) is 20.7. The Kier molecular flexibility index (Phi) is 7.98. The predicted molar refractivity (Wildman–Crippen MR) is 134 cm³/mol. The maximum Gasteiger partial charge on any atom is -1.00 e. The first-order valence-corrected chi connectivity index (χ1v) is 20.6. The fraction of sp³-hybridized carbons (Fsp3) is 0.429. The molecule has 0 fully saturated rings. The van der Waals surface area contributed by atoms with Crippen molar-refractivity contribution in [1.29, 1.82) is 0 Å². The average Bonchev–Trinajstić information content (AvgIpc) is 3.16. The molecule has 0 bridgehead atoms. The van der Waals surface area contributed by atoms with E-state index in [1.54, 1.807) is 22.3 Å². The van der Waals surface area contributed by atoms with E-state index in [9.17, 15) is 0 Å². The van der Waals surface area contributed by atoms with Gasteiger partial charge in [-0.15, -0.1) is 0 Å². The van der Waals surface area contributed by atoms with Crippen molar-refractivity contribution < 1.29 is 38.9 Å². The van der Waals surface area contributed by atoms with E-state index in [1.165, 1.54) is 22.3 Å². The molecule has 0 N–H and O–H groups in total. The van der Waals surface area contributed by atoms with Crippen LogP contribution in [-0.4, -0.2) is 7.63 Å². The van der Waals surface area contributed by atoms with Crippen molar-refractivity contribution in [2.24, 2.45) is 0 Å². The van der Waals surface area contributed by atoms with Crippen molar-refractivity contribution in [3.8, 4) is 0 Å². The third kappa shape index (κ3) is 4.18. The van der Waals surface area contributed by atoms with E-state index in [0.717, 1.165) is 0 Å². The van der Waals surface area contributed by atoms with Crippen LogP contribution in [0.25, 0.3) is 12.2 Å². The quantitative estimate of drug-likeness (QED) is 0.540. The molecule has 0 aliphatic heterocycles. The van der Waals surface area contributed by atoms with Gasteiger partial charge in [0.05, 0.1) is 0 Å². The summed E-state index contributed by atoms with van der Waals surface area (Å²) in [5.41, 5.74) is 12.5. The van der Waals surface area contributed by atoms with Crippen LogP contribution in [0.1, 0.15) is 95.2 Å². The van der Waals surface area contributed by atoms with Gasteiger partial charge in [-0.3, -0.25) is 0 Å². The molecule has 2 aromatic carbocycles. The first-order valence-electron chi connectivity index (χ1n) is 11.6. The summed E-state index contributed by atoms with van der Waals surface area (Å²) in [4.78, 5) is 0. The van der Waals surface area contributed by atoms with Crippen molar-refractivity contribution in [3.05, 3.63) is 80.9 Å².